The summed E-state index contributed by atoms with van der Waals surface area (Å²) in [4.78, 5) is 15.2. The number of furan rings is 1. The van der Waals surface area contributed by atoms with Crippen LogP contribution >= 0.6 is 0 Å². The molecule has 2 heterocycles. The lowest BCUT2D eigenvalue weighted by Crippen LogP contribution is -2.27. The summed E-state index contributed by atoms with van der Waals surface area (Å²) in [5.74, 6) is 1.86. The van der Waals surface area contributed by atoms with Gasteiger partial charge in [-0.2, -0.15) is 0 Å². The van der Waals surface area contributed by atoms with Crippen molar-refractivity contribution < 1.29 is 4.42 Å². The van der Waals surface area contributed by atoms with Gasteiger partial charge in [0, 0.05) is 32.9 Å². The molecule has 9 aromatic rings. The van der Waals surface area contributed by atoms with Crippen LogP contribution in [0.1, 0.15) is 43.2 Å². The maximum Gasteiger partial charge on any atom is 0.164 e. The lowest BCUT2D eigenvalue weighted by molar-refractivity contribution is 0.353. The Morgan fingerprint density at radius 3 is 1.64 bits per heavy atom. The summed E-state index contributed by atoms with van der Waals surface area (Å²) in [6, 6.07) is 58.2. The van der Waals surface area contributed by atoms with Gasteiger partial charge in [-0.3, -0.25) is 0 Å². The Hall–Kier alpha value is -6.65. The first-order chi connectivity index (χ1) is 27.2. The molecule has 1 spiro atoms. The van der Waals surface area contributed by atoms with Crippen molar-refractivity contribution in [3.63, 3.8) is 0 Å². The van der Waals surface area contributed by atoms with E-state index in [0.717, 1.165) is 44.2 Å². The van der Waals surface area contributed by atoms with E-state index in [-0.39, 0.29) is 5.41 Å². The monoisotopic (exact) mass is 707 g/mol. The van der Waals surface area contributed by atoms with E-state index < -0.39 is 0 Å². The van der Waals surface area contributed by atoms with Crippen LogP contribution in [0.4, 0.5) is 0 Å². The summed E-state index contributed by atoms with van der Waals surface area (Å²) < 4.78 is 6.26. The zero-order valence-electron chi connectivity index (χ0n) is 30.4. The van der Waals surface area contributed by atoms with Crippen LogP contribution in [0.25, 0.3) is 89.5 Å². The maximum atomic E-state index is 6.26. The lowest BCUT2D eigenvalue weighted by atomic mass is 9.68. The van der Waals surface area contributed by atoms with Gasteiger partial charge in [0.15, 0.2) is 17.5 Å². The first-order valence-corrected chi connectivity index (χ1v) is 19.4. The zero-order chi connectivity index (χ0) is 36.3. The highest BCUT2D eigenvalue weighted by molar-refractivity contribution is 6.05. The van der Waals surface area contributed by atoms with Crippen molar-refractivity contribution in [2.75, 3.05) is 0 Å². The van der Waals surface area contributed by atoms with Crippen molar-refractivity contribution in [2.24, 2.45) is 0 Å². The standard InChI is InChI=1S/C51H37N3O/c1-3-11-33(12-4-1)34-17-21-36(22-18-34)48-52-49(54-50(53-48)39-25-27-42-41-14-6-8-16-46(41)55-47(42)32-39)37-23-19-35(20-24-37)38-26-28-45-43(31-38)40-13-5-7-15-44(40)51(45)29-9-2-10-30-51/h1,3-8,11-28,31-32H,2,9-10,29-30H2. The molecule has 11 rings (SSSR count). The Morgan fingerprint density at radius 2 is 0.891 bits per heavy atom. The number of benzene rings is 7. The largest absolute Gasteiger partial charge is 0.456 e. The van der Waals surface area contributed by atoms with E-state index in [0.29, 0.717) is 17.5 Å². The summed E-state index contributed by atoms with van der Waals surface area (Å²) in [7, 11) is 0. The molecule has 0 radical (unpaired) electrons. The number of para-hydroxylation sites is 1. The Kier molecular flexibility index (Phi) is 7.38. The van der Waals surface area contributed by atoms with Crippen LogP contribution in [0.2, 0.25) is 0 Å². The second-order valence-corrected chi connectivity index (χ2v) is 15.1. The Bertz CT molecular complexity index is 2880. The van der Waals surface area contributed by atoms with Crippen LogP contribution in [0.3, 0.4) is 0 Å². The van der Waals surface area contributed by atoms with Crippen molar-refractivity contribution in [1.29, 1.82) is 0 Å². The Morgan fingerprint density at radius 1 is 0.364 bits per heavy atom. The fraction of sp³-hybridized carbons (Fsp3) is 0.118. The number of hydrogen-bond acceptors (Lipinski definition) is 4. The minimum absolute atomic E-state index is 0.164. The molecule has 2 aliphatic carbocycles. The van der Waals surface area contributed by atoms with Crippen LogP contribution < -0.4 is 0 Å². The summed E-state index contributed by atoms with van der Waals surface area (Å²) in [6.07, 6.45) is 6.41. The van der Waals surface area contributed by atoms with E-state index in [9.17, 15) is 0 Å². The van der Waals surface area contributed by atoms with E-state index >= 15 is 0 Å². The first kappa shape index (κ1) is 31.8. The highest BCUT2D eigenvalue weighted by Crippen LogP contribution is 2.56. The highest BCUT2D eigenvalue weighted by Gasteiger charge is 2.43. The third kappa shape index (κ3) is 5.32. The third-order valence-corrected chi connectivity index (χ3v) is 12.0. The van der Waals surface area contributed by atoms with Crippen molar-refractivity contribution in [3.05, 3.63) is 175 Å². The van der Waals surface area contributed by atoms with E-state index in [4.69, 9.17) is 19.4 Å². The van der Waals surface area contributed by atoms with Crippen molar-refractivity contribution in [3.8, 4) is 67.5 Å². The van der Waals surface area contributed by atoms with Crippen LogP contribution in [0, 0.1) is 0 Å². The molecule has 4 nitrogen and oxygen atoms in total. The minimum Gasteiger partial charge on any atom is -0.456 e. The van der Waals surface area contributed by atoms with Gasteiger partial charge in [-0.1, -0.05) is 159 Å². The lowest BCUT2D eigenvalue weighted by Gasteiger charge is -2.36. The minimum atomic E-state index is 0.164. The fourth-order valence-corrected chi connectivity index (χ4v) is 9.22. The normalized spacial score (nSPS) is 14.3. The molecule has 262 valence electrons. The number of fused-ring (bicyclic) bond motifs is 8. The molecule has 55 heavy (non-hydrogen) atoms. The predicted octanol–water partition coefficient (Wildman–Crippen LogP) is 13.3. The predicted molar refractivity (Wildman–Crippen MR) is 224 cm³/mol. The molecule has 0 atom stereocenters. The quantitative estimate of drug-likeness (QED) is 0.179. The molecule has 0 amide bonds. The Balaban J connectivity index is 0.985. The molecular weight excluding hydrogens is 671 g/mol. The molecule has 4 heteroatoms. The van der Waals surface area contributed by atoms with Gasteiger partial charge < -0.3 is 4.42 Å². The topological polar surface area (TPSA) is 51.8 Å². The van der Waals surface area contributed by atoms with E-state index in [1.54, 1.807) is 0 Å². The van der Waals surface area contributed by atoms with Gasteiger partial charge in [0.05, 0.1) is 0 Å². The SMILES string of the molecule is c1ccc(-c2ccc(-c3nc(-c4ccc(-c5ccc6c(c5)-c5ccccc5C65CCCCC5)cc4)nc(-c4ccc5c(c4)oc4ccccc45)n3)cc2)cc1. The average molecular weight is 708 g/mol. The van der Waals surface area contributed by atoms with Crippen molar-refractivity contribution >= 4 is 21.9 Å². The van der Waals surface area contributed by atoms with E-state index in [1.807, 2.05) is 30.3 Å². The maximum absolute atomic E-state index is 6.26. The molecule has 7 aromatic carbocycles. The second-order valence-electron chi connectivity index (χ2n) is 15.1. The fourth-order valence-electron chi connectivity index (χ4n) is 9.22. The summed E-state index contributed by atoms with van der Waals surface area (Å²) in [5, 5.41) is 2.17. The number of aromatic nitrogens is 3. The van der Waals surface area contributed by atoms with Crippen molar-refractivity contribution in [1.82, 2.24) is 15.0 Å². The highest BCUT2D eigenvalue weighted by atomic mass is 16.3. The Labute approximate surface area is 320 Å². The molecule has 2 aromatic heterocycles. The molecule has 0 bridgehead atoms. The number of hydrogen-bond donors (Lipinski definition) is 0. The smallest absolute Gasteiger partial charge is 0.164 e. The molecule has 0 aliphatic heterocycles. The molecule has 1 saturated carbocycles. The van der Waals surface area contributed by atoms with Gasteiger partial charge in [-0.05, 0) is 81.6 Å². The molecule has 1 fully saturated rings. The first-order valence-electron chi connectivity index (χ1n) is 19.4. The van der Waals surface area contributed by atoms with Crippen molar-refractivity contribution in [2.45, 2.75) is 37.5 Å². The van der Waals surface area contributed by atoms with Gasteiger partial charge in [0.2, 0.25) is 0 Å². The van der Waals surface area contributed by atoms with Crippen LogP contribution in [0.15, 0.2) is 168 Å². The van der Waals surface area contributed by atoms with Gasteiger partial charge in [0.25, 0.3) is 0 Å². The molecule has 0 saturated heterocycles. The van der Waals surface area contributed by atoms with Gasteiger partial charge in [-0.25, -0.2) is 15.0 Å². The number of nitrogens with zero attached hydrogens (tertiary/aromatic N) is 3. The third-order valence-electron chi connectivity index (χ3n) is 12.0. The van der Waals surface area contributed by atoms with Crippen LogP contribution in [-0.4, -0.2) is 15.0 Å². The second kappa shape index (κ2) is 12.7. The van der Waals surface area contributed by atoms with Crippen LogP contribution in [0.5, 0.6) is 0 Å². The summed E-state index contributed by atoms with van der Waals surface area (Å²) >= 11 is 0. The van der Waals surface area contributed by atoms with E-state index in [2.05, 4.69) is 133 Å². The van der Waals surface area contributed by atoms with E-state index in [1.165, 1.54) is 71.0 Å². The molecule has 0 unspecified atom stereocenters. The number of rotatable bonds is 5. The molecule has 2 aliphatic rings. The van der Waals surface area contributed by atoms with Gasteiger partial charge >= 0.3 is 0 Å². The van der Waals surface area contributed by atoms with Crippen LogP contribution in [-0.2, 0) is 5.41 Å². The summed E-state index contributed by atoms with van der Waals surface area (Å²) in [5.41, 5.74) is 15.1. The summed E-state index contributed by atoms with van der Waals surface area (Å²) in [6.45, 7) is 0. The zero-order valence-corrected chi connectivity index (χ0v) is 30.4. The van der Waals surface area contributed by atoms with Gasteiger partial charge in [0.1, 0.15) is 11.2 Å². The average Bonchev–Trinajstić information content (AvgIpc) is 3.76. The van der Waals surface area contributed by atoms with Gasteiger partial charge in [-0.15, -0.1) is 0 Å². The molecular formula is C51H37N3O. The molecule has 0 N–H and O–H groups in total.